The van der Waals surface area contributed by atoms with Crippen molar-refractivity contribution in [3.8, 4) is 5.75 Å². The molecular formula is C16H25NO2. The fraction of sp³-hybridized carbons (Fsp3) is 0.562. The third-order valence-corrected chi connectivity index (χ3v) is 3.21. The monoisotopic (exact) mass is 263 g/mol. The van der Waals surface area contributed by atoms with E-state index in [2.05, 4.69) is 39.1 Å². The van der Waals surface area contributed by atoms with Crippen LogP contribution in [-0.2, 0) is 11.8 Å². The van der Waals surface area contributed by atoms with Crippen LogP contribution in [0.1, 0.15) is 49.2 Å². The average molecular weight is 263 g/mol. The van der Waals surface area contributed by atoms with E-state index in [1.54, 1.807) is 14.2 Å². The fourth-order valence-electron chi connectivity index (χ4n) is 2.13. The largest absolute Gasteiger partial charge is 0.496 e. The smallest absolute Gasteiger partial charge is 0.180 e. The third-order valence-electron chi connectivity index (χ3n) is 3.21. The number of nitrogens with one attached hydrogen (secondary N) is 1. The Labute approximate surface area is 116 Å². The molecule has 0 atom stereocenters. The van der Waals surface area contributed by atoms with Crippen LogP contribution in [0.4, 0.5) is 0 Å². The van der Waals surface area contributed by atoms with Gasteiger partial charge in [-0.15, -0.1) is 0 Å². The first kappa shape index (κ1) is 15.7. The molecule has 1 N–H and O–H groups in total. The molecule has 0 spiro atoms. The predicted molar refractivity (Wildman–Crippen MR) is 79.3 cm³/mol. The number of methoxy groups -OCH3 is 1. The first-order valence-electron chi connectivity index (χ1n) is 6.74. The normalized spacial score (nSPS) is 11.5. The van der Waals surface area contributed by atoms with Crippen molar-refractivity contribution in [3.63, 3.8) is 0 Å². The Bertz CT molecular complexity index is 459. The van der Waals surface area contributed by atoms with Crippen molar-refractivity contribution < 1.29 is 9.53 Å². The van der Waals surface area contributed by atoms with E-state index in [1.165, 1.54) is 5.56 Å². The van der Waals surface area contributed by atoms with Gasteiger partial charge in [-0.3, -0.25) is 4.79 Å². The number of hydrogen-bond acceptors (Lipinski definition) is 3. The van der Waals surface area contributed by atoms with Crippen LogP contribution in [0.15, 0.2) is 12.1 Å². The molecule has 0 aliphatic carbocycles. The van der Waals surface area contributed by atoms with Crippen LogP contribution in [0.25, 0.3) is 0 Å². The fourth-order valence-corrected chi connectivity index (χ4v) is 2.13. The van der Waals surface area contributed by atoms with Gasteiger partial charge in [0, 0.05) is 5.56 Å². The van der Waals surface area contributed by atoms with E-state index in [4.69, 9.17) is 4.74 Å². The second-order valence-corrected chi connectivity index (χ2v) is 5.78. The standard InChI is InChI=1S/C16H25NO2/c1-7-11-8-12(14(18)10-17-5)15(19-6)13(9-11)16(2,3)4/h8-9,17H,7,10H2,1-6H3. The third kappa shape index (κ3) is 3.57. The number of benzene rings is 1. The van der Waals surface area contributed by atoms with Gasteiger partial charge in [0.15, 0.2) is 5.78 Å². The number of rotatable bonds is 5. The van der Waals surface area contributed by atoms with Crippen LogP contribution in [-0.4, -0.2) is 26.5 Å². The minimum absolute atomic E-state index is 0.0504. The van der Waals surface area contributed by atoms with E-state index in [-0.39, 0.29) is 11.2 Å². The first-order chi connectivity index (χ1) is 8.85. The zero-order valence-corrected chi connectivity index (χ0v) is 12.9. The summed E-state index contributed by atoms with van der Waals surface area (Å²) < 4.78 is 5.52. The molecule has 3 nitrogen and oxygen atoms in total. The van der Waals surface area contributed by atoms with Crippen molar-refractivity contribution >= 4 is 5.78 Å². The molecule has 0 heterocycles. The maximum atomic E-state index is 12.2. The molecule has 1 aromatic rings. The summed E-state index contributed by atoms with van der Waals surface area (Å²) in [6, 6.07) is 4.10. The lowest BCUT2D eigenvalue weighted by Gasteiger charge is -2.25. The summed E-state index contributed by atoms with van der Waals surface area (Å²) in [5.41, 5.74) is 2.89. The molecule has 0 amide bonds. The molecule has 106 valence electrons. The van der Waals surface area contributed by atoms with E-state index < -0.39 is 0 Å². The summed E-state index contributed by atoms with van der Waals surface area (Å²) >= 11 is 0. The number of carbonyl (C=O) groups excluding carboxylic acids is 1. The molecule has 0 fully saturated rings. The Morgan fingerprint density at radius 3 is 2.37 bits per heavy atom. The number of hydrogen-bond donors (Lipinski definition) is 1. The van der Waals surface area contributed by atoms with Crippen molar-refractivity contribution in [2.75, 3.05) is 20.7 Å². The summed E-state index contributed by atoms with van der Waals surface area (Å²) in [6.45, 7) is 8.83. The highest BCUT2D eigenvalue weighted by atomic mass is 16.5. The molecule has 19 heavy (non-hydrogen) atoms. The van der Waals surface area contributed by atoms with Crippen LogP contribution in [0.5, 0.6) is 5.75 Å². The van der Waals surface area contributed by atoms with Crippen LogP contribution in [0, 0.1) is 0 Å². The molecule has 3 heteroatoms. The Balaban J connectivity index is 3.48. The van der Waals surface area contributed by atoms with E-state index >= 15 is 0 Å². The predicted octanol–water partition coefficient (Wildman–Crippen LogP) is 2.96. The average Bonchev–Trinajstić information content (AvgIpc) is 2.36. The van der Waals surface area contributed by atoms with Gasteiger partial charge in [0.2, 0.25) is 0 Å². The summed E-state index contributed by atoms with van der Waals surface area (Å²) in [6.07, 6.45) is 0.910. The lowest BCUT2D eigenvalue weighted by Crippen LogP contribution is -2.21. The molecule has 0 aromatic heterocycles. The molecule has 0 saturated heterocycles. The zero-order chi connectivity index (χ0) is 14.6. The van der Waals surface area contributed by atoms with Gasteiger partial charge in [0.05, 0.1) is 19.2 Å². The second kappa shape index (κ2) is 6.20. The number of ether oxygens (including phenoxy) is 1. The number of carbonyl (C=O) groups is 1. The summed E-state index contributed by atoms with van der Waals surface area (Å²) in [5.74, 6) is 0.783. The SMILES string of the molecule is CCc1cc(C(=O)CNC)c(OC)c(C(C)(C)C)c1. The quantitative estimate of drug-likeness (QED) is 0.830. The number of aryl methyl sites for hydroxylation is 1. The Hall–Kier alpha value is -1.35. The second-order valence-electron chi connectivity index (χ2n) is 5.78. The molecule has 1 aromatic carbocycles. The van der Waals surface area contributed by atoms with Gasteiger partial charge in [0.1, 0.15) is 5.75 Å². The number of ketones is 1. The molecule has 1 rings (SSSR count). The van der Waals surface area contributed by atoms with Crippen molar-refractivity contribution in [3.05, 3.63) is 28.8 Å². The van der Waals surface area contributed by atoms with Crippen LogP contribution in [0.2, 0.25) is 0 Å². The van der Waals surface area contributed by atoms with Gasteiger partial charge in [-0.05, 0) is 30.5 Å². The van der Waals surface area contributed by atoms with Crippen LogP contribution < -0.4 is 10.1 Å². The minimum atomic E-state index is -0.0504. The van der Waals surface area contributed by atoms with Gasteiger partial charge < -0.3 is 10.1 Å². The summed E-state index contributed by atoms with van der Waals surface area (Å²) in [5, 5.41) is 2.91. The minimum Gasteiger partial charge on any atom is -0.496 e. The summed E-state index contributed by atoms with van der Waals surface area (Å²) in [4.78, 5) is 12.2. The molecular weight excluding hydrogens is 238 g/mol. The molecule has 0 radical (unpaired) electrons. The Morgan fingerprint density at radius 2 is 1.95 bits per heavy atom. The molecule has 0 saturated carbocycles. The summed E-state index contributed by atoms with van der Waals surface area (Å²) in [7, 11) is 3.41. The number of likely N-dealkylation sites (N-methyl/N-ethyl adjacent to an activating group) is 1. The molecule has 0 unspecified atom stereocenters. The molecule has 0 aliphatic heterocycles. The van der Waals surface area contributed by atoms with E-state index in [0.29, 0.717) is 17.9 Å². The van der Waals surface area contributed by atoms with Crippen LogP contribution in [0.3, 0.4) is 0 Å². The van der Waals surface area contributed by atoms with E-state index in [1.807, 2.05) is 6.07 Å². The first-order valence-corrected chi connectivity index (χ1v) is 6.74. The highest BCUT2D eigenvalue weighted by molar-refractivity contribution is 6.00. The molecule has 0 aliphatic rings. The van der Waals surface area contributed by atoms with Gasteiger partial charge in [-0.25, -0.2) is 0 Å². The lowest BCUT2D eigenvalue weighted by molar-refractivity contribution is 0.0990. The topological polar surface area (TPSA) is 38.3 Å². The van der Waals surface area contributed by atoms with Crippen molar-refractivity contribution in [1.82, 2.24) is 5.32 Å². The van der Waals surface area contributed by atoms with Gasteiger partial charge in [-0.2, -0.15) is 0 Å². The Morgan fingerprint density at radius 1 is 1.32 bits per heavy atom. The zero-order valence-electron chi connectivity index (χ0n) is 12.9. The van der Waals surface area contributed by atoms with Gasteiger partial charge >= 0.3 is 0 Å². The van der Waals surface area contributed by atoms with Crippen LogP contribution >= 0.6 is 0 Å². The van der Waals surface area contributed by atoms with Gasteiger partial charge in [-0.1, -0.05) is 33.8 Å². The van der Waals surface area contributed by atoms with Gasteiger partial charge in [0.25, 0.3) is 0 Å². The number of Topliss-reactive ketones (excluding diaryl/α,β-unsaturated/α-hetero) is 1. The van der Waals surface area contributed by atoms with Crippen molar-refractivity contribution in [1.29, 1.82) is 0 Å². The highest BCUT2D eigenvalue weighted by Crippen LogP contribution is 2.35. The van der Waals surface area contributed by atoms with Crippen molar-refractivity contribution in [2.45, 2.75) is 39.5 Å². The Kier molecular flexibility index (Phi) is 5.12. The highest BCUT2D eigenvalue weighted by Gasteiger charge is 2.24. The maximum Gasteiger partial charge on any atom is 0.180 e. The molecule has 0 bridgehead atoms. The lowest BCUT2D eigenvalue weighted by atomic mass is 9.83. The van der Waals surface area contributed by atoms with Crippen molar-refractivity contribution in [2.24, 2.45) is 0 Å². The maximum absolute atomic E-state index is 12.2. The van der Waals surface area contributed by atoms with E-state index in [0.717, 1.165) is 12.0 Å². The van der Waals surface area contributed by atoms with E-state index in [9.17, 15) is 4.79 Å².